The van der Waals surface area contributed by atoms with Crippen molar-refractivity contribution < 1.29 is 19.8 Å². The van der Waals surface area contributed by atoms with Gasteiger partial charge in [0.25, 0.3) is 0 Å². The van der Waals surface area contributed by atoms with E-state index in [1.807, 2.05) is 6.92 Å². The van der Waals surface area contributed by atoms with E-state index in [0.717, 1.165) is 32.1 Å². The van der Waals surface area contributed by atoms with Gasteiger partial charge in [-0.1, -0.05) is 97.3 Å². The number of carbonyl (C=O) groups excluding carboxylic acids is 2. The standard InChI is InChI=1S/C20H38O4.Mg/c1-3-5-7-8-9-10-11-12-13-15-17-20(18(21)22,19(23)24)16-14-6-4-2;/h3-17H2,1-2H3,(H,21,22)(H,23,24);/q;+2/p-2. The van der Waals surface area contributed by atoms with Crippen LogP contribution in [0.5, 0.6) is 0 Å². The van der Waals surface area contributed by atoms with Gasteiger partial charge < -0.3 is 19.8 Å². The van der Waals surface area contributed by atoms with Crippen LogP contribution >= 0.6 is 0 Å². The molecule has 0 aromatic carbocycles. The normalized spacial score (nSPS) is 11.1. The van der Waals surface area contributed by atoms with E-state index in [9.17, 15) is 19.8 Å². The molecule has 5 heteroatoms. The number of rotatable bonds is 17. The van der Waals surface area contributed by atoms with Gasteiger partial charge in [-0.3, -0.25) is 0 Å². The second-order valence-corrected chi connectivity index (χ2v) is 7.05. The summed E-state index contributed by atoms with van der Waals surface area (Å²) in [5.74, 6) is -2.95. The Hall–Kier alpha value is -0.294. The molecule has 0 radical (unpaired) electrons. The summed E-state index contributed by atoms with van der Waals surface area (Å²) in [7, 11) is 0. The summed E-state index contributed by atoms with van der Waals surface area (Å²) in [6, 6.07) is 0. The number of hydrogen-bond donors (Lipinski definition) is 0. The predicted octanol–water partition coefficient (Wildman–Crippen LogP) is 2.98. The fraction of sp³-hybridized carbons (Fsp3) is 0.900. The van der Waals surface area contributed by atoms with Crippen LogP contribution in [-0.4, -0.2) is 35.0 Å². The van der Waals surface area contributed by atoms with Crippen molar-refractivity contribution in [2.24, 2.45) is 5.41 Å². The zero-order valence-electron chi connectivity index (χ0n) is 16.4. The summed E-state index contributed by atoms with van der Waals surface area (Å²) in [4.78, 5) is 22.8. The molecule has 0 saturated carbocycles. The second-order valence-electron chi connectivity index (χ2n) is 7.05. The Balaban J connectivity index is 0. The summed E-state index contributed by atoms with van der Waals surface area (Å²) >= 11 is 0. The molecule has 0 amide bonds. The maximum atomic E-state index is 11.4. The Morgan fingerprint density at radius 3 is 1.24 bits per heavy atom. The smallest absolute Gasteiger partial charge is 0.549 e. The third-order valence-electron chi connectivity index (χ3n) is 4.95. The van der Waals surface area contributed by atoms with E-state index in [1.54, 1.807) is 0 Å². The van der Waals surface area contributed by atoms with Crippen LogP contribution in [0, 0.1) is 5.41 Å². The molecule has 142 valence electrons. The number of hydrogen-bond acceptors (Lipinski definition) is 4. The molecule has 0 N–H and O–H groups in total. The molecule has 0 spiro atoms. The van der Waals surface area contributed by atoms with Crippen LogP contribution in [0.2, 0.25) is 0 Å². The van der Waals surface area contributed by atoms with E-state index in [4.69, 9.17) is 0 Å². The van der Waals surface area contributed by atoms with Crippen LogP contribution < -0.4 is 10.2 Å². The molecule has 0 aromatic rings. The maximum Gasteiger partial charge on any atom is 2.00 e. The molecule has 0 rings (SSSR count). The summed E-state index contributed by atoms with van der Waals surface area (Å²) in [5, 5.41) is 22.8. The summed E-state index contributed by atoms with van der Waals surface area (Å²) in [6.45, 7) is 4.21. The fourth-order valence-corrected chi connectivity index (χ4v) is 3.21. The van der Waals surface area contributed by atoms with Gasteiger partial charge in [0.1, 0.15) is 0 Å². The fourth-order valence-electron chi connectivity index (χ4n) is 3.21. The van der Waals surface area contributed by atoms with E-state index in [1.165, 1.54) is 38.5 Å². The van der Waals surface area contributed by atoms with E-state index in [0.29, 0.717) is 12.8 Å². The molecule has 0 saturated heterocycles. The largest absolute Gasteiger partial charge is 2.00 e. The molecule has 0 unspecified atom stereocenters. The van der Waals surface area contributed by atoms with E-state index in [2.05, 4.69) is 6.92 Å². The molecule has 0 fully saturated rings. The average molecular weight is 365 g/mol. The molecule has 25 heavy (non-hydrogen) atoms. The first-order valence-corrected chi connectivity index (χ1v) is 9.94. The minimum Gasteiger partial charge on any atom is -0.549 e. The zero-order chi connectivity index (χ0) is 18.3. The van der Waals surface area contributed by atoms with Crippen molar-refractivity contribution in [2.45, 2.75) is 110 Å². The number of carboxylic acids is 2. The van der Waals surface area contributed by atoms with Crippen LogP contribution in [0.3, 0.4) is 0 Å². The third kappa shape index (κ3) is 11.8. The zero-order valence-corrected chi connectivity index (χ0v) is 17.9. The molecule has 0 aliphatic carbocycles. The number of carbonyl (C=O) groups is 2. The van der Waals surface area contributed by atoms with Crippen LogP contribution in [0.4, 0.5) is 0 Å². The van der Waals surface area contributed by atoms with Crippen molar-refractivity contribution in [1.82, 2.24) is 0 Å². The molecule has 0 aliphatic heterocycles. The first-order valence-electron chi connectivity index (χ1n) is 9.94. The van der Waals surface area contributed by atoms with Crippen molar-refractivity contribution in [3.05, 3.63) is 0 Å². The predicted molar refractivity (Wildman–Crippen MR) is 98.8 cm³/mol. The molecule has 0 heterocycles. The molecule has 0 aromatic heterocycles. The van der Waals surface area contributed by atoms with Gasteiger partial charge in [0, 0.05) is 5.41 Å². The van der Waals surface area contributed by atoms with Gasteiger partial charge >= 0.3 is 23.1 Å². The Labute approximate surface area is 170 Å². The molecular weight excluding hydrogens is 329 g/mol. The molecule has 0 atom stereocenters. The molecule has 0 aliphatic rings. The van der Waals surface area contributed by atoms with Crippen molar-refractivity contribution in [3.8, 4) is 0 Å². The number of unbranched alkanes of at least 4 members (excludes halogenated alkanes) is 11. The Morgan fingerprint density at radius 2 is 0.880 bits per heavy atom. The SMILES string of the molecule is CCCCCCCCCCCCC(CCCCC)(C(=O)[O-])C(=O)[O-].[Mg+2]. The summed E-state index contributed by atoms with van der Waals surface area (Å²) in [6.07, 6.45) is 14.0. The van der Waals surface area contributed by atoms with Crippen molar-refractivity contribution >= 4 is 35.0 Å². The molecule has 0 bridgehead atoms. The van der Waals surface area contributed by atoms with Gasteiger partial charge in [0.2, 0.25) is 0 Å². The van der Waals surface area contributed by atoms with E-state index < -0.39 is 17.4 Å². The van der Waals surface area contributed by atoms with Gasteiger partial charge in [-0.2, -0.15) is 0 Å². The van der Waals surface area contributed by atoms with Crippen molar-refractivity contribution in [3.63, 3.8) is 0 Å². The Bertz CT molecular complexity index is 331. The Morgan fingerprint density at radius 1 is 0.600 bits per heavy atom. The van der Waals surface area contributed by atoms with Gasteiger partial charge in [-0.05, 0) is 12.8 Å². The third-order valence-corrected chi connectivity index (χ3v) is 4.95. The van der Waals surface area contributed by atoms with E-state index >= 15 is 0 Å². The number of aliphatic carboxylic acids is 2. The first-order chi connectivity index (χ1) is 11.5. The van der Waals surface area contributed by atoms with Gasteiger partial charge in [0.15, 0.2) is 0 Å². The monoisotopic (exact) mass is 364 g/mol. The van der Waals surface area contributed by atoms with Crippen molar-refractivity contribution in [1.29, 1.82) is 0 Å². The van der Waals surface area contributed by atoms with Crippen LogP contribution in [-0.2, 0) is 9.59 Å². The van der Waals surface area contributed by atoms with Gasteiger partial charge in [0.05, 0.1) is 11.9 Å². The minimum absolute atomic E-state index is 0. The Kier molecular flexibility index (Phi) is 18.5. The summed E-state index contributed by atoms with van der Waals surface area (Å²) < 4.78 is 0. The topological polar surface area (TPSA) is 80.3 Å². The second kappa shape index (κ2) is 17.1. The number of carboxylic acid groups (broad SMARTS) is 2. The van der Waals surface area contributed by atoms with E-state index in [-0.39, 0.29) is 35.9 Å². The molecular formula is C20H36MgO4. The van der Waals surface area contributed by atoms with Crippen LogP contribution in [0.15, 0.2) is 0 Å². The van der Waals surface area contributed by atoms with Gasteiger partial charge in [-0.15, -0.1) is 0 Å². The van der Waals surface area contributed by atoms with Crippen molar-refractivity contribution in [2.75, 3.05) is 0 Å². The molecule has 4 nitrogen and oxygen atoms in total. The average Bonchev–Trinajstić information content (AvgIpc) is 2.54. The van der Waals surface area contributed by atoms with Crippen LogP contribution in [0.1, 0.15) is 110 Å². The quantitative estimate of drug-likeness (QED) is 0.226. The minimum atomic E-state index is -1.80. The summed E-state index contributed by atoms with van der Waals surface area (Å²) in [5.41, 5.74) is -1.80. The first kappa shape index (κ1) is 26.9. The van der Waals surface area contributed by atoms with Crippen LogP contribution in [0.25, 0.3) is 0 Å². The maximum absolute atomic E-state index is 11.4. The van der Waals surface area contributed by atoms with Gasteiger partial charge in [-0.25, -0.2) is 0 Å².